The van der Waals surface area contributed by atoms with Gasteiger partial charge in [-0.25, -0.2) is 19.9 Å². The molecule has 0 aromatic carbocycles. The lowest BCUT2D eigenvalue weighted by Crippen LogP contribution is -2.21. The first-order chi connectivity index (χ1) is 25.9. The van der Waals surface area contributed by atoms with Crippen LogP contribution < -0.4 is 5.32 Å². The Hall–Kier alpha value is -4.87. The van der Waals surface area contributed by atoms with Crippen LogP contribution in [0.4, 0.5) is 0 Å². The van der Waals surface area contributed by atoms with Gasteiger partial charge in [0.2, 0.25) is 11.8 Å². The second-order valence-electron chi connectivity index (χ2n) is 11.7. The maximum absolute atomic E-state index is 11.7. The zero-order chi connectivity index (χ0) is 39.6. The number of halogens is 4. The first-order valence-electron chi connectivity index (χ1n) is 16.4. The average molecular weight is 866 g/mol. The fraction of sp³-hybridized carbons (Fsp3) is 0.375. The van der Waals surface area contributed by atoms with Crippen LogP contribution in [-0.4, -0.2) is 82.9 Å². The van der Waals surface area contributed by atoms with E-state index in [0.717, 1.165) is 42.6 Å². The molecule has 1 N–H and O–H groups in total. The number of carbonyl (C=O) groups excluding carboxylic acids is 4. The van der Waals surface area contributed by atoms with Crippen molar-refractivity contribution in [1.29, 1.82) is 5.26 Å². The molecule has 2 saturated heterocycles. The van der Waals surface area contributed by atoms with Crippen LogP contribution in [0.1, 0.15) is 81.5 Å². The highest BCUT2D eigenvalue weighted by Crippen LogP contribution is 2.27. The first kappa shape index (κ1) is 52.1. The number of amides is 2. The molecule has 6 rings (SSSR count). The number of likely N-dealkylation sites (tertiary alicyclic amines) is 1. The van der Waals surface area contributed by atoms with Crippen molar-refractivity contribution in [2.75, 3.05) is 34.4 Å². The molecule has 57 heavy (non-hydrogen) atoms. The van der Waals surface area contributed by atoms with Crippen LogP contribution in [0, 0.1) is 11.3 Å². The van der Waals surface area contributed by atoms with Crippen LogP contribution >= 0.6 is 46.4 Å². The van der Waals surface area contributed by atoms with E-state index in [9.17, 15) is 19.2 Å². The number of nitrogens with zero attached hydrogens (tertiary/aromatic N) is 6. The summed E-state index contributed by atoms with van der Waals surface area (Å²) in [6.07, 6.45) is 8.40. The first-order valence-corrected chi connectivity index (χ1v) is 17.9. The van der Waals surface area contributed by atoms with Gasteiger partial charge in [-0.2, -0.15) is 5.26 Å². The molecule has 4 aromatic rings. The lowest BCUT2D eigenvalue weighted by atomic mass is 9.98. The summed E-state index contributed by atoms with van der Waals surface area (Å²) in [5, 5.41) is 13.1. The van der Waals surface area contributed by atoms with E-state index in [1.165, 1.54) is 20.4 Å². The van der Waals surface area contributed by atoms with Gasteiger partial charge in [-0.15, -0.1) is 0 Å². The van der Waals surface area contributed by atoms with Gasteiger partial charge in [0.1, 0.15) is 20.6 Å². The van der Waals surface area contributed by atoms with Crippen molar-refractivity contribution in [2.45, 2.75) is 65.7 Å². The molecule has 17 heteroatoms. The maximum atomic E-state index is 11.7. The third-order valence-corrected chi connectivity index (χ3v) is 8.97. The summed E-state index contributed by atoms with van der Waals surface area (Å²) in [6, 6.07) is 15.7. The number of nitrogens with one attached hydrogen (secondary N) is 1. The fourth-order valence-corrected chi connectivity index (χ4v) is 5.59. The van der Waals surface area contributed by atoms with E-state index < -0.39 is 11.9 Å². The summed E-state index contributed by atoms with van der Waals surface area (Å²) in [5.41, 5.74) is 3.34. The van der Waals surface area contributed by atoms with Gasteiger partial charge < -0.3 is 19.7 Å². The number of methoxy groups -OCH3 is 2. The Labute approximate surface area is 355 Å². The standard InChI is InChI=1S/C10H9ClN2O2.C10H11ClN2O.C9H9ClN2O.C8H8ClNO2.3CH4/c1-15-10(14)8(4-5-12)7-2-3-9(11)13-6-7;1-13-5-4-8(10(13)14)7-2-3-9(11)12-6-7;10-8-2-1-6(5-12-8)7-3-4-11-9(7)13;1-12-8(11)4-6-2-3-7(9)10-5-6;;;/h2-3,6,8H,4H2,1H3;2-3,6,8H,4-5H2,1H3;1-2,5,7H,3-4H2,(H,11,13);2-3,5H,4H2,1H3;3*1H4. The van der Waals surface area contributed by atoms with Gasteiger partial charge >= 0.3 is 11.9 Å². The van der Waals surface area contributed by atoms with Gasteiger partial charge in [-0.05, 0) is 59.4 Å². The molecule has 0 aliphatic carbocycles. The number of hydrogen-bond acceptors (Lipinski definition) is 11. The molecule has 13 nitrogen and oxygen atoms in total. The minimum absolute atomic E-state index is 0. The van der Waals surface area contributed by atoms with Crippen molar-refractivity contribution in [1.82, 2.24) is 30.2 Å². The number of carbonyl (C=O) groups is 4. The highest BCUT2D eigenvalue weighted by atomic mass is 35.5. The molecule has 308 valence electrons. The zero-order valence-corrected chi connectivity index (χ0v) is 32.6. The van der Waals surface area contributed by atoms with E-state index in [1.807, 2.05) is 25.2 Å². The molecule has 4 aromatic heterocycles. The molecule has 2 aliphatic heterocycles. The molecule has 0 radical (unpaired) electrons. The van der Waals surface area contributed by atoms with Gasteiger partial charge in [0.15, 0.2) is 0 Å². The van der Waals surface area contributed by atoms with Crippen LogP contribution in [0.3, 0.4) is 0 Å². The van der Waals surface area contributed by atoms with Crippen molar-refractivity contribution in [3.63, 3.8) is 0 Å². The van der Waals surface area contributed by atoms with Crippen molar-refractivity contribution in [3.8, 4) is 6.07 Å². The second-order valence-corrected chi connectivity index (χ2v) is 13.2. The molecular weight excluding hydrogens is 816 g/mol. The highest BCUT2D eigenvalue weighted by molar-refractivity contribution is 6.30. The SMILES string of the molecule is C.C.C.CN1CCC(c2ccc(Cl)nc2)C1=O.COC(=O)C(CC#N)c1ccc(Cl)nc1.COC(=O)Cc1ccc(Cl)nc1.O=C1NCCC1c1ccc(Cl)nc1. The largest absolute Gasteiger partial charge is 0.469 e. The van der Waals surface area contributed by atoms with Crippen LogP contribution in [0.25, 0.3) is 0 Å². The van der Waals surface area contributed by atoms with Crippen molar-refractivity contribution >= 4 is 70.2 Å². The number of nitriles is 1. The normalized spacial score (nSPS) is 15.3. The predicted octanol–water partition coefficient (Wildman–Crippen LogP) is 8.28. The molecule has 6 heterocycles. The number of ether oxygens (including phenoxy) is 2. The molecular formula is C40H49Cl4N7O6. The maximum Gasteiger partial charge on any atom is 0.314 e. The number of aromatic nitrogens is 4. The van der Waals surface area contributed by atoms with Gasteiger partial charge in [0.25, 0.3) is 0 Å². The smallest absolute Gasteiger partial charge is 0.314 e. The molecule has 3 unspecified atom stereocenters. The van der Waals surface area contributed by atoms with E-state index >= 15 is 0 Å². The number of rotatable bonds is 7. The average Bonchev–Trinajstić information content (AvgIpc) is 3.76. The van der Waals surface area contributed by atoms with E-state index in [0.29, 0.717) is 26.2 Å². The van der Waals surface area contributed by atoms with E-state index in [-0.39, 0.29) is 64.7 Å². The summed E-state index contributed by atoms with van der Waals surface area (Å²) >= 11 is 22.5. The minimum Gasteiger partial charge on any atom is -0.469 e. The number of pyridine rings is 4. The number of hydrogen-bond donors (Lipinski definition) is 1. The van der Waals surface area contributed by atoms with Crippen LogP contribution in [0.5, 0.6) is 0 Å². The second kappa shape index (κ2) is 26.9. The minimum atomic E-state index is -0.593. The quantitative estimate of drug-likeness (QED) is 0.140. The Morgan fingerprint density at radius 3 is 1.70 bits per heavy atom. The molecule has 0 saturated carbocycles. The van der Waals surface area contributed by atoms with Gasteiger partial charge in [0.05, 0.1) is 50.9 Å². The highest BCUT2D eigenvalue weighted by Gasteiger charge is 2.30. The molecule has 3 atom stereocenters. The van der Waals surface area contributed by atoms with Crippen molar-refractivity contribution in [2.24, 2.45) is 0 Å². The summed E-state index contributed by atoms with van der Waals surface area (Å²) in [5.74, 6) is -1.11. The summed E-state index contributed by atoms with van der Waals surface area (Å²) in [6.45, 7) is 1.58. The summed E-state index contributed by atoms with van der Waals surface area (Å²) in [4.78, 5) is 62.4. The van der Waals surface area contributed by atoms with E-state index in [2.05, 4.69) is 34.7 Å². The van der Waals surface area contributed by atoms with E-state index in [4.69, 9.17) is 51.7 Å². The summed E-state index contributed by atoms with van der Waals surface area (Å²) in [7, 11) is 4.47. The summed E-state index contributed by atoms with van der Waals surface area (Å²) < 4.78 is 9.08. The Morgan fingerprint density at radius 2 is 1.32 bits per heavy atom. The fourth-order valence-electron chi connectivity index (χ4n) is 5.14. The van der Waals surface area contributed by atoms with Crippen LogP contribution in [0.15, 0.2) is 73.3 Å². The Bertz CT molecular complexity index is 1880. The predicted molar refractivity (Wildman–Crippen MR) is 223 cm³/mol. The molecule has 2 aliphatic rings. The van der Waals surface area contributed by atoms with E-state index in [1.54, 1.807) is 59.9 Å². The Balaban J connectivity index is 0.000000723. The molecule has 0 bridgehead atoms. The Kier molecular flexibility index (Phi) is 24.6. The van der Waals surface area contributed by atoms with Crippen molar-refractivity contribution < 1.29 is 28.7 Å². The monoisotopic (exact) mass is 863 g/mol. The van der Waals surface area contributed by atoms with Crippen molar-refractivity contribution in [3.05, 3.63) is 116 Å². The third-order valence-electron chi connectivity index (χ3n) is 8.08. The Morgan fingerprint density at radius 1 is 0.789 bits per heavy atom. The lowest BCUT2D eigenvalue weighted by Gasteiger charge is -2.10. The molecule has 2 fully saturated rings. The van der Waals surface area contributed by atoms with Crippen LogP contribution in [-0.2, 0) is 35.1 Å². The van der Waals surface area contributed by atoms with Gasteiger partial charge in [-0.1, -0.05) is 92.9 Å². The van der Waals surface area contributed by atoms with Crippen LogP contribution in [0.2, 0.25) is 20.6 Å². The lowest BCUT2D eigenvalue weighted by molar-refractivity contribution is -0.142. The molecule has 2 amide bonds. The number of esters is 2. The molecule has 0 spiro atoms. The third kappa shape index (κ3) is 17.0. The zero-order valence-electron chi connectivity index (χ0n) is 29.5. The number of likely N-dealkylation sites (N-methyl/N-ethyl adjacent to an activating group) is 1. The van der Waals surface area contributed by atoms with Gasteiger partial charge in [-0.3, -0.25) is 19.2 Å². The van der Waals surface area contributed by atoms with Gasteiger partial charge in [0, 0.05) is 44.9 Å². The topological polar surface area (TPSA) is 177 Å².